The number of anilines is 1. The summed E-state index contributed by atoms with van der Waals surface area (Å²) >= 11 is 1.02. The first-order chi connectivity index (χ1) is 13.8. The molecule has 9 heteroatoms. The molecule has 7 nitrogen and oxygen atoms in total. The summed E-state index contributed by atoms with van der Waals surface area (Å²) in [4.78, 5) is 39.0. The van der Waals surface area contributed by atoms with Crippen molar-refractivity contribution in [2.75, 3.05) is 32.6 Å². The zero-order chi connectivity index (χ0) is 21.6. The highest BCUT2D eigenvalue weighted by Gasteiger charge is 2.26. The highest BCUT2D eigenvalue weighted by atomic mass is 32.1. The van der Waals surface area contributed by atoms with Crippen LogP contribution >= 0.6 is 11.3 Å². The molecule has 2 aromatic rings. The Labute approximate surface area is 172 Å². The number of halogens is 1. The standard InChI is InChI=1S/C20H24FN3O4S/c1-5-28-20(27)16-12(2)17(18(26)22-3)29-19(16)23-15(25)11-24(4)10-13-7-6-8-14(21)9-13/h6-9H,5,10-11H2,1-4H3,(H,22,26)(H,23,25). The van der Waals surface area contributed by atoms with Crippen LogP contribution in [0, 0.1) is 12.7 Å². The first-order valence-electron chi connectivity index (χ1n) is 9.02. The number of hydrogen-bond acceptors (Lipinski definition) is 6. The van der Waals surface area contributed by atoms with Crippen LogP contribution in [0.3, 0.4) is 0 Å². The third kappa shape index (κ3) is 5.85. The zero-order valence-electron chi connectivity index (χ0n) is 16.8. The lowest BCUT2D eigenvalue weighted by atomic mass is 10.1. The number of ether oxygens (including phenoxy) is 1. The minimum atomic E-state index is -0.597. The average Bonchev–Trinajstić information content (AvgIpc) is 2.96. The van der Waals surface area contributed by atoms with Gasteiger partial charge in [-0.2, -0.15) is 0 Å². The van der Waals surface area contributed by atoms with Crippen molar-refractivity contribution < 1.29 is 23.5 Å². The predicted molar refractivity (Wildman–Crippen MR) is 110 cm³/mol. The van der Waals surface area contributed by atoms with Crippen LogP contribution in [0.15, 0.2) is 24.3 Å². The van der Waals surface area contributed by atoms with E-state index in [0.717, 1.165) is 16.9 Å². The van der Waals surface area contributed by atoms with Gasteiger partial charge >= 0.3 is 5.97 Å². The molecule has 29 heavy (non-hydrogen) atoms. The van der Waals surface area contributed by atoms with Crippen molar-refractivity contribution in [1.82, 2.24) is 10.2 Å². The molecule has 0 fully saturated rings. The SMILES string of the molecule is CCOC(=O)c1c(NC(=O)CN(C)Cc2cccc(F)c2)sc(C(=O)NC)c1C. The Morgan fingerprint density at radius 3 is 2.62 bits per heavy atom. The first-order valence-corrected chi connectivity index (χ1v) is 9.83. The van der Waals surface area contributed by atoms with Crippen molar-refractivity contribution >= 4 is 34.1 Å². The van der Waals surface area contributed by atoms with Crippen molar-refractivity contribution in [2.45, 2.75) is 20.4 Å². The molecule has 0 bridgehead atoms. The normalized spacial score (nSPS) is 10.7. The van der Waals surface area contributed by atoms with Crippen LogP contribution in [0.4, 0.5) is 9.39 Å². The topological polar surface area (TPSA) is 87.7 Å². The highest BCUT2D eigenvalue weighted by Crippen LogP contribution is 2.33. The van der Waals surface area contributed by atoms with E-state index in [1.54, 1.807) is 37.9 Å². The number of hydrogen-bond donors (Lipinski definition) is 2. The van der Waals surface area contributed by atoms with Crippen molar-refractivity contribution in [3.05, 3.63) is 51.7 Å². The van der Waals surface area contributed by atoms with E-state index in [9.17, 15) is 18.8 Å². The van der Waals surface area contributed by atoms with Gasteiger partial charge in [-0.3, -0.25) is 14.5 Å². The second-order valence-corrected chi connectivity index (χ2v) is 7.43. The van der Waals surface area contributed by atoms with Crippen LogP contribution in [-0.4, -0.2) is 49.9 Å². The number of thiophene rings is 1. The number of likely N-dealkylation sites (N-methyl/N-ethyl adjacent to an activating group) is 1. The molecule has 0 aliphatic heterocycles. The quantitative estimate of drug-likeness (QED) is 0.640. The molecule has 2 N–H and O–H groups in total. The lowest BCUT2D eigenvalue weighted by Crippen LogP contribution is -2.30. The van der Waals surface area contributed by atoms with Gasteiger partial charge in [0, 0.05) is 13.6 Å². The van der Waals surface area contributed by atoms with Crippen LogP contribution in [-0.2, 0) is 16.1 Å². The Kier molecular flexibility index (Phi) is 7.86. The lowest BCUT2D eigenvalue weighted by Gasteiger charge is -2.16. The van der Waals surface area contributed by atoms with Crippen molar-refractivity contribution in [3.8, 4) is 0 Å². The molecular formula is C20H24FN3O4S. The van der Waals surface area contributed by atoms with Gasteiger partial charge in [0.05, 0.1) is 23.6 Å². The zero-order valence-corrected chi connectivity index (χ0v) is 17.6. The summed E-state index contributed by atoms with van der Waals surface area (Å²) in [5.41, 5.74) is 1.37. The molecule has 0 aliphatic carbocycles. The number of nitrogens with one attached hydrogen (secondary N) is 2. The summed E-state index contributed by atoms with van der Waals surface area (Å²) in [5, 5.41) is 5.49. The van der Waals surface area contributed by atoms with Crippen LogP contribution in [0.25, 0.3) is 0 Å². The molecule has 2 amide bonds. The average molecular weight is 421 g/mol. The number of nitrogens with zero attached hydrogens (tertiary/aromatic N) is 1. The molecule has 0 radical (unpaired) electrons. The third-order valence-corrected chi connectivity index (χ3v) is 5.27. The van der Waals surface area contributed by atoms with Gasteiger partial charge < -0.3 is 15.4 Å². The van der Waals surface area contributed by atoms with Gasteiger partial charge in [-0.15, -0.1) is 11.3 Å². The monoisotopic (exact) mass is 421 g/mol. The molecule has 156 valence electrons. The van der Waals surface area contributed by atoms with Gasteiger partial charge in [-0.05, 0) is 44.2 Å². The van der Waals surface area contributed by atoms with Gasteiger partial charge in [0.15, 0.2) is 0 Å². The van der Waals surface area contributed by atoms with E-state index >= 15 is 0 Å². The van der Waals surface area contributed by atoms with E-state index in [4.69, 9.17) is 4.74 Å². The highest BCUT2D eigenvalue weighted by molar-refractivity contribution is 7.18. The van der Waals surface area contributed by atoms with Crippen LogP contribution in [0.2, 0.25) is 0 Å². The smallest absolute Gasteiger partial charge is 0.341 e. The van der Waals surface area contributed by atoms with Gasteiger partial charge in [-0.1, -0.05) is 12.1 Å². The number of rotatable bonds is 8. The molecule has 0 atom stereocenters. The molecule has 2 rings (SSSR count). The fourth-order valence-electron chi connectivity index (χ4n) is 2.79. The summed E-state index contributed by atoms with van der Waals surface area (Å²) in [6, 6.07) is 6.15. The fraction of sp³-hybridized carbons (Fsp3) is 0.350. The summed E-state index contributed by atoms with van der Waals surface area (Å²) in [5.74, 6) is -1.64. The lowest BCUT2D eigenvalue weighted by molar-refractivity contribution is -0.117. The Bertz CT molecular complexity index is 913. The van der Waals surface area contributed by atoms with E-state index in [0.29, 0.717) is 17.0 Å². The van der Waals surface area contributed by atoms with Gasteiger partial charge in [0.25, 0.3) is 5.91 Å². The Balaban J connectivity index is 2.15. The van der Waals surface area contributed by atoms with Crippen molar-refractivity contribution in [3.63, 3.8) is 0 Å². The van der Waals surface area contributed by atoms with Crippen LogP contribution in [0.5, 0.6) is 0 Å². The second kappa shape index (κ2) is 10.1. The second-order valence-electron chi connectivity index (χ2n) is 6.41. The molecular weight excluding hydrogens is 397 g/mol. The Morgan fingerprint density at radius 1 is 1.28 bits per heavy atom. The maximum Gasteiger partial charge on any atom is 0.341 e. The maximum atomic E-state index is 13.3. The van der Waals surface area contributed by atoms with Gasteiger partial charge in [-0.25, -0.2) is 9.18 Å². The van der Waals surface area contributed by atoms with Crippen molar-refractivity contribution in [2.24, 2.45) is 0 Å². The van der Waals surface area contributed by atoms with Crippen molar-refractivity contribution in [1.29, 1.82) is 0 Å². The number of carbonyl (C=O) groups is 3. The molecule has 0 unspecified atom stereocenters. The Hall–Kier alpha value is -2.78. The molecule has 0 aliphatic rings. The molecule has 0 saturated heterocycles. The van der Waals surface area contributed by atoms with Crippen LogP contribution in [0.1, 0.15) is 38.1 Å². The Morgan fingerprint density at radius 2 is 2.00 bits per heavy atom. The number of benzene rings is 1. The van der Waals surface area contributed by atoms with Gasteiger partial charge in [0.1, 0.15) is 10.8 Å². The molecule has 1 aromatic carbocycles. The summed E-state index contributed by atoms with van der Waals surface area (Å²) in [7, 11) is 3.22. The number of esters is 1. The first kappa shape index (κ1) is 22.5. The molecule has 0 spiro atoms. The molecule has 1 aromatic heterocycles. The summed E-state index contributed by atoms with van der Waals surface area (Å²) < 4.78 is 18.4. The van der Waals surface area contributed by atoms with E-state index in [-0.39, 0.29) is 41.3 Å². The summed E-state index contributed by atoms with van der Waals surface area (Å²) in [6.07, 6.45) is 0. The molecule has 0 saturated carbocycles. The maximum absolute atomic E-state index is 13.3. The number of carbonyl (C=O) groups excluding carboxylic acids is 3. The number of amides is 2. The largest absolute Gasteiger partial charge is 0.462 e. The fourth-order valence-corrected chi connectivity index (χ4v) is 3.95. The van der Waals surface area contributed by atoms with E-state index < -0.39 is 5.97 Å². The summed E-state index contributed by atoms with van der Waals surface area (Å²) in [6.45, 7) is 3.89. The predicted octanol–water partition coefficient (Wildman–Crippen LogP) is 2.80. The van der Waals surface area contributed by atoms with Crippen LogP contribution < -0.4 is 10.6 Å². The van der Waals surface area contributed by atoms with E-state index in [1.807, 2.05) is 0 Å². The van der Waals surface area contributed by atoms with E-state index in [1.165, 1.54) is 19.2 Å². The minimum absolute atomic E-state index is 0.0189. The molecule has 1 heterocycles. The van der Waals surface area contributed by atoms with E-state index in [2.05, 4.69) is 10.6 Å². The van der Waals surface area contributed by atoms with Gasteiger partial charge in [0.2, 0.25) is 5.91 Å². The minimum Gasteiger partial charge on any atom is -0.462 e. The third-order valence-electron chi connectivity index (χ3n) is 4.07.